The van der Waals surface area contributed by atoms with Crippen molar-refractivity contribution in [1.29, 1.82) is 0 Å². The molecule has 16 heavy (non-hydrogen) atoms. The van der Waals surface area contributed by atoms with E-state index >= 15 is 0 Å². The molecular weight excluding hydrogens is 224 g/mol. The first-order valence-corrected chi connectivity index (χ1v) is 5.82. The summed E-state index contributed by atoms with van der Waals surface area (Å²) in [5.41, 5.74) is 0.819. The minimum Gasteiger partial charge on any atom is -0.467 e. The molecule has 0 spiro atoms. The maximum atomic E-state index is 11.5. The van der Waals surface area contributed by atoms with Crippen molar-refractivity contribution < 1.29 is 9.21 Å². The van der Waals surface area contributed by atoms with Gasteiger partial charge in [-0.3, -0.25) is 4.79 Å². The summed E-state index contributed by atoms with van der Waals surface area (Å²) in [6.07, 6.45) is 1.91. The molecule has 0 unspecified atom stereocenters. The molecule has 0 saturated heterocycles. The summed E-state index contributed by atoms with van der Waals surface area (Å²) in [5, 5.41) is 5.66. The molecule has 0 aliphatic carbocycles. The zero-order valence-electron chi connectivity index (χ0n) is 8.90. The number of rotatable bonds is 4. The van der Waals surface area contributed by atoms with Gasteiger partial charge in [0.25, 0.3) is 0 Å². The largest absolute Gasteiger partial charge is 0.467 e. The van der Waals surface area contributed by atoms with Crippen LogP contribution in [0.15, 0.2) is 28.2 Å². The summed E-state index contributed by atoms with van der Waals surface area (Å²) in [6.45, 7) is 2.35. The van der Waals surface area contributed by atoms with Crippen LogP contribution in [0.5, 0.6) is 0 Å². The van der Waals surface area contributed by atoms with E-state index in [0.29, 0.717) is 13.0 Å². The van der Waals surface area contributed by atoms with Gasteiger partial charge in [0.1, 0.15) is 5.76 Å². The van der Waals surface area contributed by atoms with E-state index in [1.54, 1.807) is 23.7 Å². The molecule has 0 aromatic carbocycles. The minimum atomic E-state index is -0.0401. The van der Waals surface area contributed by atoms with E-state index in [4.69, 9.17) is 4.42 Å². The average Bonchev–Trinajstić information content (AvgIpc) is 2.87. The molecule has 2 heterocycles. The van der Waals surface area contributed by atoms with Crippen LogP contribution in [0.1, 0.15) is 16.5 Å². The predicted octanol–water partition coefficient (Wildman–Crippen LogP) is 1.90. The number of furan rings is 1. The van der Waals surface area contributed by atoms with Gasteiger partial charge in [0.05, 0.1) is 29.9 Å². The van der Waals surface area contributed by atoms with Gasteiger partial charge in [0, 0.05) is 5.38 Å². The topological polar surface area (TPSA) is 55.1 Å². The third-order valence-corrected chi connectivity index (χ3v) is 2.87. The number of aryl methyl sites for hydroxylation is 1. The monoisotopic (exact) mass is 236 g/mol. The van der Waals surface area contributed by atoms with Gasteiger partial charge in [-0.1, -0.05) is 0 Å². The number of hydrogen-bond donors (Lipinski definition) is 1. The summed E-state index contributed by atoms with van der Waals surface area (Å²) in [7, 11) is 0. The zero-order chi connectivity index (χ0) is 11.4. The first-order chi connectivity index (χ1) is 7.74. The third-order valence-electron chi connectivity index (χ3n) is 2.05. The van der Waals surface area contributed by atoms with Gasteiger partial charge in [-0.05, 0) is 19.1 Å². The van der Waals surface area contributed by atoms with Crippen molar-refractivity contribution in [3.05, 3.63) is 40.2 Å². The summed E-state index contributed by atoms with van der Waals surface area (Å²) in [4.78, 5) is 15.8. The van der Waals surface area contributed by atoms with E-state index in [1.807, 2.05) is 18.4 Å². The molecule has 5 heteroatoms. The van der Waals surface area contributed by atoms with Crippen molar-refractivity contribution in [2.45, 2.75) is 19.9 Å². The maximum Gasteiger partial charge on any atom is 0.226 e. The van der Waals surface area contributed by atoms with Gasteiger partial charge >= 0.3 is 0 Å². The highest BCUT2D eigenvalue weighted by Gasteiger charge is 2.06. The lowest BCUT2D eigenvalue weighted by Crippen LogP contribution is -2.24. The number of aromatic nitrogens is 1. The standard InChI is InChI=1S/C11H12N2O2S/c1-8-13-9(7-16-8)5-11(14)12-6-10-3-2-4-15-10/h2-4,7H,5-6H2,1H3,(H,12,14). The Morgan fingerprint density at radius 3 is 3.12 bits per heavy atom. The van der Waals surface area contributed by atoms with Crippen LogP contribution in [-0.2, 0) is 17.8 Å². The number of carbonyl (C=O) groups is 1. The SMILES string of the molecule is Cc1nc(CC(=O)NCc2ccco2)cs1. The maximum absolute atomic E-state index is 11.5. The van der Waals surface area contributed by atoms with Crippen LogP contribution < -0.4 is 5.32 Å². The molecule has 1 amide bonds. The van der Waals surface area contributed by atoms with E-state index < -0.39 is 0 Å². The molecule has 0 aliphatic rings. The average molecular weight is 236 g/mol. The third kappa shape index (κ3) is 2.93. The molecule has 0 bridgehead atoms. The Morgan fingerprint density at radius 1 is 1.62 bits per heavy atom. The fraction of sp³-hybridized carbons (Fsp3) is 0.273. The highest BCUT2D eigenvalue weighted by Crippen LogP contribution is 2.08. The Labute approximate surface area is 97.3 Å². The lowest BCUT2D eigenvalue weighted by molar-refractivity contribution is -0.120. The molecule has 2 aromatic rings. The fourth-order valence-corrected chi connectivity index (χ4v) is 1.93. The van der Waals surface area contributed by atoms with Gasteiger partial charge in [0.2, 0.25) is 5.91 Å². The van der Waals surface area contributed by atoms with E-state index in [1.165, 1.54) is 0 Å². The Hall–Kier alpha value is -1.62. The fourth-order valence-electron chi connectivity index (χ4n) is 1.32. The Morgan fingerprint density at radius 2 is 2.50 bits per heavy atom. The molecule has 4 nitrogen and oxygen atoms in total. The van der Waals surface area contributed by atoms with Gasteiger partial charge in [-0.2, -0.15) is 0 Å². The summed E-state index contributed by atoms with van der Waals surface area (Å²) >= 11 is 1.55. The van der Waals surface area contributed by atoms with Gasteiger partial charge in [-0.15, -0.1) is 11.3 Å². The van der Waals surface area contributed by atoms with Crippen molar-refractivity contribution in [3.63, 3.8) is 0 Å². The second-order valence-corrected chi connectivity index (χ2v) is 4.45. The van der Waals surface area contributed by atoms with Crippen LogP contribution in [0.4, 0.5) is 0 Å². The van der Waals surface area contributed by atoms with Crippen molar-refractivity contribution in [1.82, 2.24) is 10.3 Å². The Balaban J connectivity index is 1.81. The molecule has 0 aliphatic heterocycles. The number of amides is 1. The van der Waals surface area contributed by atoms with Gasteiger partial charge in [0.15, 0.2) is 0 Å². The molecule has 0 fully saturated rings. The predicted molar refractivity (Wildman–Crippen MR) is 61.1 cm³/mol. The smallest absolute Gasteiger partial charge is 0.226 e. The molecule has 0 atom stereocenters. The van der Waals surface area contributed by atoms with E-state index in [-0.39, 0.29) is 5.91 Å². The molecular formula is C11H12N2O2S. The number of thiazole rings is 1. The second-order valence-electron chi connectivity index (χ2n) is 3.39. The first-order valence-electron chi connectivity index (χ1n) is 4.94. The van der Waals surface area contributed by atoms with E-state index in [2.05, 4.69) is 10.3 Å². The number of nitrogens with zero attached hydrogens (tertiary/aromatic N) is 1. The van der Waals surface area contributed by atoms with Crippen molar-refractivity contribution >= 4 is 17.2 Å². The van der Waals surface area contributed by atoms with E-state index in [0.717, 1.165) is 16.5 Å². The Kier molecular flexibility index (Phi) is 3.36. The van der Waals surface area contributed by atoms with Crippen LogP contribution in [-0.4, -0.2) is 10.9 Å². The number of nitrogens with one attached hydrogen (secondary N) is 1. The van der Waals surface area contributed by atoms with Crippen LogP contribution in [0.3, 0.4) is 0 Å². The summed E-state index contributed by atoms with van der Waals surface area (Å²) in [6, 6.07) is 3.62. The van der Waals surface area contributed by atoms with E-state index in [9.17, 15) is 4.79 Å². The molecule has 0 saturated carbocycles. The molecule has 84 valence electrons. The molecule has 2 aromatic heterocycles. The molecule has 2 rings (SSSR count). The van der Waals surface area contributed by atoms with Crippen LogP contribution in [0, 0.1) is 6.92 Å². The lowest BCUT2D eigenvalue weighted by atomic mass is 10.3. The zero-order valence-corrected chi connectivity index (χ0v) is 9.71. The highest BCUT2D eigenvalue weighted by molar-refractivity contribution is 7.09. The lowest BCUT2D eigenvalue weighted by Gasteiger charge is -2.00. The van der Waals surface area contributed by atoms with Crippen LogP contribution in [0.2, 0.25) is 0 Å². The Bertz CT molecular complexity index is 462. The quantitative estimate of drug-likeness (QED) is 0.882. The second kappa shape index (κ2) is 4.94. The molecule has 0 radical (unpaired) electrons. The number of carbonyl (C=O) groups excluding carboxylic acids is 1. The van der Waals surface area contributed by atoms with Gasteiger partial charge in [-0.25, -0.2) is 4.98 Å². The summed E-state index contributed by atoms with van der Waals surface area (Å²) in [5.74, 6) is 0.713. The molecule has 1 N–H and O–H groups in total. The van der Waals surface area contributed by atoms with Gasteiger partial charge < -0.3 is 9.73 Å². The van der Waals surface area contributed by atoms with Crippen LogP contribution >= 0.6 is 11.3 Å². The van der Waals surface area contributed by atoms with Crippen molar-refractivity contribution in [3.8, 4) is 0 Å². The minimum absolute atomic E-state index is 0.0401. The van der Waals surface area contributed by atoms with Crippen molar-refractivity contribution in [2.24, 2.45) is 0 Å². The van der Waals surface area contributed by atoms with Crippen LogP contribution in [0.25, 0.3) is 0 Å². The highest BCUT2D eigenvalue weighted by atomic mass is 32.1. The first kappa shape index (κ1) is 10.9. The summed E-state index contributed by atoms with van der Waals surface area (Å²) < 4.78 is 5.11. The number of hydrogen-bond acceptors (Lipinski definition) is 4. The van der Waals surface area contributed by atoms with Crippen molar-refractivity contribution in [2.75, 3.05) is 0 Å². The normalized spacial score (nSPS) is 10.3.